The Bertz CT molecular complexity index is 464. The fraction of sp³-hybridized carbons (Fsp3) is 0.647. The minimum absolute atomic E-state index is 0.0977. The van der Waals surface area contributed by atoms with E-state index in [9.17, 15) is 13.9 Å². The number of aliphatic hydroxyl groups is 1. The normalized spacial score (nSPS) is 19.0. The van der Waals surface area contributed by atoms with Gasteiger partial charge in [0.2, 0.25) is 6.43 Å². The first-order valence-electron chi connectivity index (χ1n) is 7.97. The summed E-state index contributed by atoms with van der Waals surface area (Å²) in [6.45, 7) is 4.39. The second-order valence-corrected chi connectivity index (χ2v) is 7.24. The van der Waals surface area contributed by atoms with Crippen LogP contribution >= 0.6 is 11.8 Å². The molecule has 0 spiro atoms. The zero-order valence-electron chi connectivity index (χ0n) is 13.4. The highest BCUT2D eigenvalue weighted by Crippen LogP contribution is 2.30. The summed E-state index contributed by atoms with van der Waals surface area (Å²) in [5.41, 5.74) is 1.02. The molecule has 0 aliphatic carbocycles. The lowest BCUT2D eigenvalue weighted by Gasteiger charge is -2.36. The third-order valence-corrected chi connectivity index (χ3v) is 5.45. The third kappa shape index (κ3) is 5.71. The van der Waals surface area contributed by atoms with Gasteiger partial charge in [0, 0.05) is 36.1 Å². The minimum atomic E-state index is -2.28. The maximum Gasteiger partial charge on any atom is 0.247 e. The van der Waals surface area contributed by atoms with Crippen molar-refractivity contribution >= 4 is 11.8 Å². The molecule has 1 aromatic carbocycles. The van der Waals surface area contributed by atoms with Crippen LogP contribution in [-0.4, -0.2) is 43.7 Å². The van der Waals surface area contributed by atoms with Gasteiger partial charge in [-0.25, -0.2) is 8.78 Å². The molecule has 2 N–H and O–H groups in total. The number of benzene rings is 1. The topological polar surface area (TPSA) is 41.5 Å². The molecule has 0 bridgehead atoms. The second kappa shape index (κ2) is 8.97. The summed E-state index contributed by atoms with van der Waals surface area (Å²) in [6, 6.07) is 7.87. The second-order valence-electron chi connectivity index (χ2n) is 6.14. The van der Waals surface area contributed by atoms with Gasteiger partial charge >= 0.3 is 0 Å². The number of nitrogens with one attached hydrogen (secondary N) is 1. The van der Waals surface area contributed by atoms with Crippen molar-refractivity contribution in [3.8, 4) is 0 Å². The van der Waals surface area contributed by atoms with Gasteiger partial charge in [0.05, 0.1) is 12.4 Å². The quantitative estimate of drug-likeness (QED) is 0.708. The van der Waals surface area contributed by atoms with Gasteiger partial charge in [-0.05, 0) is 37.5 Å². The van der Waals surface area contributed by atoms with Gasteiger partial charge in [0.25, 0.3) is 0 Å². The van der Waals surface area contributed by atoms with Gasteiger partial charge in [-0.15, -0.1) is 11.8 Å². The van der Waals surface area contributed by atoms with Crippen LogP contribution in [0.2, 0.25) is 0 Å². The molecule has 3 nitrogen and oxygen atoms in total. The molecule has 1 saturated heterocycles. The summed E-state index contributed by atoms with van der Waals surface area (Å²) in [5, 5.41) is 13.2. The number of aliphatic hydroxyl groups excluding tert-OH is 1. The Balaban J connectivity index is 1.86. The van der Waals surface area contributed by atoms with Crippen molar-refractivity contribution in [1.29, 1.82) is 0 Å². The van der Waals surface area contributed by atoms with Crippen LogP contribution in [0.3, 0.4) is 0 Å². The molecule has 1 atom stereocenters. The number of alkyl halides is 2. The molecular formula is C17H25F2NO2S. The van der Waals surface area contributed by atoms with Crippen molar-refractivity contribution in [2.75, 3.05) is 32.1 Å². The number of hydrogen-bond donors (Lipinski definition) is 2. The number of halogens is 2. The van der Waals surface area contributed by atoms with E-state index in [2.05, 4.69) is 12.2 Å². The Labute approximate surface area is 140 Å². The van der Waals surface area contributed by atoms with E-state index in [0.717, 1.165) is 29.8 Å². The Hall–Kier alpha value is -0.690. The van der Waals surface area contributed by atoms with Gasteiger partial charge in [0.15, 0.2) is 0 Å². The van der Waals surface area contributed by atoms with Gasteiger partial charge < -0.3 is 15.2 Å². The maximum atomic E-state index is 12.2. The van der Waals surface area contributed by atoms with E-state index in [1.54, 1.807) is 0 Å². The lowest BCUT2D eigenvalue weighted by molar-refractivity contribution is -0.0163. The molecule has 1 heterocycles. The van der Waals surface area contributed by atoms with E-state index in [1.807, 2.05) is 24.3 Å². The van der Waals surface area contributed by atoms with Crippen LogP contribution in [0.5, 0.6) is 0 Å². The molecule has 1 aliphatic heterocycles. The summed E-state index contributed by atoms with van der Waals surface area (Å²) in [5.74, 6) is -0.172. The van der Waals surface area contributed by atoms with E-state index in [-0.39, 0.29) is 23.8 Å². The van der Waals surface area contributed by atoms with Gasteiger partial charge in [-0.3, -0.25) is 0 Å². The van der Waals surface area contributed by atoms with Crippen molar-refractivity contribution in [3.63, 3.8) is 0 Å². The summed E-state index contributed by atoms with van der Waals surface area (Å²) in [7, 11) is 0. The highest BCUT2D eigenvalue weighted by Gasteiger charge is 2.32. The zero-order chi connectivity index (χ0) is 16.7. The Morgan fingerprint density at radius 1 is 1.26 bits per heavy atom. The van der Waals surface area contributed by atoms with Crippen molar-refractivity contribution in [1.82, 2.24) is 5.32 Å². The average molecular weight is 345 g/mol. The van der Waals surface area contributed by atoms with Crippen molar-refractivity contribution in [2.24, 2.45) is 5.41 Å². The number of hydrogen-bond acceptors (Lipinski definition) is 4. The molecule has 1 fully saturated rings. The van der Waals surface area contributed by atoms with Crippen molar-refractivity contribution in [3.05, 3.63) is 29.8 Å². The van der Waals surface area contributed by atoms with E-state index >= 15 is 0 Å². The predicted octanol–water partition coefficient (Wildman–Crippen LogP) is 3.48. The molecule has 1 unspecified atom stereocenters. The molecule has 2 rings (SSSR count). The van der Waals surface area contributed by atoms with Crippen LogP contribution < -0.4 is 5.32 Å². The predicted molar refractivity (Wildman–Crippen MR) is 89.2 cm³/mol. The smallest absolute Gasteiger partial charge is 0.247 e. The van der Waals surface area contributed by atoms with Crippen LogP contribution in [0.15, 0.2) is 29.2 Å². The average Bonchev–Trinajstić information content (AvgIpc) is 2.59. The van der Waals surface area contributed by atoms with Crippen LogP contribution in [0, 0.1) is 5.41 Å². The van der Waals surface area contributed by atoms with Crippen LogP contribution in [-0.2, 0) is 4.74 Å². The molecule has 130 valence electrons. The largest absolute Gasteiger partial charge is 0.396 e. The van der Waals surface area contributed by atoms with E-state index in [0.29, 0.717) is 13.2 Å². The summed E-state index contributed by atoms with van der Waals surface area (Å²) < 4.78 is 29.8. The Morgan fingerprint density at radius 3 is 2.48 bits per heavy atom. The number of rotatable bonds is 8. The van der Waals surface area contributed by atoms with E-state index in [4.69, 9.17) is 4.74 Å². The van der Waals surface area contributed by atoms with E-state index < -0.39 is 6.43 Å². The summed E-state index contributed by atoms with van der Waals surface area (Å²) in [6.07, 6.45) is -0.548. The van der Waals surface area contributed by atoms with Crippen LogP contribution in [0.4, 0.5) is 8.78 Å². The zero-order valence-corrected chi connectivity index (χ0v) is 14.2. The Kier molecular flexibility index (Phi) is 7.27. The number of ether oxygens (including phenoxy) is 1. The van der Waals surface area contributed by atoms with Gasteiger partial charge in [-0.2, -0.15) is 0 Å². The van der Waals surface area contributed by atoms with Gasteiger partial charge in [0.1, 0.15) is 0 Å². The molecular weight excluding hydrogens is 320 g/mol. The van der Waals surface area contributed by atoms with Crippen molar-refractivity contribution < 1.29 is 18.6 Å². The first-order valence-corrected chi connectivity index (χ1v) is 8.96. The lowest BCUT2D eigenvalue weighted by Crippen LogP contribution is -2.42. The van der Waals surface area contributed by atoms with Crippen LogP contribution in [0.1, 0.15) is 31.4 Å². The Morgan fingerprint density at radius 2 is 1.91 bits per heavy atom. The SMILES string of the molecule is CC(NCC1(CO)CCOCC1)c1ccc(SCC(F)F)cc1. The molecule has 0 aromatic heterocycles. The standard InChI is InChI=1S/C17H25F2NO2S/c1-13(20-11-17(12-21)6-8-22-9-7-17)14-2-4-15(5-3-14)23-10-16(18)19/h2-5,13,16,20-21H,6-12H2,1H3. The van der Waals surface area contributed by atoms with Crippen molar-refractivity contribution in [2.45, 2.75) is 37.1 Å². The van der Waals surface area contributed by atoms with Gasteiger partial charge in [-0.1, -0.05) is 12.1 Å². The summed E-state index contributed by atoms with van der Waals surface area (Å²) >= 11 is 1.17. The molecule has 0 saturated carbocycles. The minimum Gasteiger partial charge on any atom is -0.396 e. The monoisotopic (exact) mass is 345 g/mol. The fourth-order valence-corrected chi connectivity index (χ4v) is 3.34. The fourth-order valence-electron chi connectivity index (χ4n) is 2.69. The highest BCUT2D eigenvalue weighted by atomic mass is 32.2. The first-order chi connectivity index (χ1) is 11.0. The highest BCUT2D eigenvalue weighted by molar-refractivity contribution is 7.99. The van der Waals surface area contributed by atoms with Crippen LogP contribution in [0.25, 0.3) is 0 Å². The summed E-state index contributed by atoms with van der Waals surface area (Å²) in [4.78, 5) is 0.859. The number of thioether (sulfide) groups is 1. The third-order valence-electron chi connectivity index (χ3n) is 4.43. The maximum absolute atomic E-state index is 12.2. The molecule has 0 radical (unpaired) electrons. The molecule has 1 aromatic rings. The first kappa shape index (κ1) is 18.6. The molecule has 23 heavy (non-hydrogen) atoms. The molecule has 0 amide bonds. The molecule has 1 aliphatic rings. The molecule has 6 heteroatoms. The van der Waals surface area contributed by atoms with E-state index in [1.165, 1.54) is 11.8 Å². The lowest BCUT2D eigenvalue weighted by atomic mass is 9.80.